The fourth-order valence-electron chi connectivity index (χ4n) is 3.35. The number of carbonyl (C=O) groups excluding carboxylic acids is 2. The Morgan fingerprint density at radius 2 is 1.91 bits per heavy atom. The molecule has 0 atom stereocenters. The number of thiocarbonyl (C=S) groups is 1. The van der Waals surface area contributed by atoms with Crippen LogP contribution >= 0.6 is 24.0 Å². The maximum atomic E-state index is 12.8. The molecule has 0 spiro atoms. The number of aryl methyl sites for hydroxylation is 1. The molecule has 6 nitrogen and oxygen atoms in total. The highest BCUT2D eigenvalue weighted by Gasteiger charge is 2.31. The molecule has 0 aromatic heterocycles. The van der Waals surface area contributed by atoms with E-state index in [-0.39, 0.29) is 11.8 Å². The van der Waals surface area contributed by atoms with Crippen LogP contribution in [0, 0.1) is 0 Å². The van der Waals surface area contributed by atoms with Crippen LogP contribution in [-0.2, 0) is 16.0 Å². The zero-order valence-corrected chi connectivity index (χ0v) is 20.0. The van der Waals surface area contributed by atoms with Gasteiger partial charge in [0, 0.05) is 18.7 Å². The molecule has 1 aliphatic rings. The fourth-order valence-corrected chi connectivity index (χ4v) is 4.66. The van der Waals surface area contributed by atoms with Gasteiger partial charge in [0.1, 0.15) is 4.32 Å². The number of ether oxygens (including phenoxy) is 2. The molecule has 0 saturated carbocycles. The predicted octanol–water partition coefficient (Wildman–Crippen LogP) is 4.89. The Balaban J connectivity index is 1.58. The van der Waals surface area contributed by atoms with Crippen LogP contribution in [0.3, 0.4) is 0 Å². The summed E-state index contributed by atoms with van der Waals surface area (Å²) in [6, 6.07) is 13.2. The summed E-state index contributed by atoms with van der Waals surface area (Å²) in [5.41, 5.74) is 2.75. The van der Waals surface area contributed by atoms with Crippen LogP contribution in [0.5, 0.6) is 11.5 Å². The van der Waals surface area contributed by atoms with Crippen LogP contribution in [0.15, 0.2) is 47.4 Å². The summed E-state index contributed by atoms with van der Waals surface area (Å²) < 4.78 is 11.1. The summed E-state index contributed by atoms with van der Waals surface area (Å²) >= 11 is 6.66. The Bertz CT molecular complexity index is 1050. The third-order valence-electron chi connectivity index (χ3n) is 5.04. The molecule has 3 rings (SSSR count). The Morgan fingerprint density at radius 1 is 1.16 bits per heavy atom. The molecule has 0 bridgehead atoms. The van der Waals surface area contributed by atoms with Gasteiger partial charge >= 0.3 is 0 Å². The van der Waals surface area contributed by atoms with E-state index in [0.717, 1.165) is 23.2 Å². The van der Waals surface area contributed by atoms with E-state index in [1.807, 2.05) is 36.4 Å². The highest BCUT2D eigenvalue weighted by atomic mass is 32.2. The molecular weight excluding hydrogens is 444 g/mol. The van der Waals surface area contributed by atoms with Gasteiger partial charge in [-0.25, -0.2) is 0 Å². The topological polar surface area (TPSA) is 67.9 Å². The Kier molecular flexibility index (Phi) is 8.30. The number of benzene rings is 2. The molecule has 8 heteroatoms. The predicted molar refractivity (Wildman–Crippen MR) is 133 cm³/mol. The minimum Gasteiger partial charge on any atom is -0.493 e. The average Bonchev–Trinajstić information content (AvgIpc) is 3.06. The lowest BCUT2D eigenvalue weighted by atomic mass is 10.1. The van der Waals surface area contributed by atoms with Gasteiger partial charge in [-0.2, -0.15) is 0 Å². The number of methoxy groups -OCH3 is 2. The van der Waals surface area contributed by atoms with Gasteiger partial charge < -0.3 is 14.8 Å². The average molecular weight is 471 g/mol. The van der Waals surface area contributed by atoms with Crippen LogP contribution in [0.2, 0.25) is 0 Å². The van der Waals surface area contributed by atoms with Crippen molar-refractivity contribution in [3.05, 3.63) is 58.5 Å². The first-order chi connectivity index (χ1) is 15.5. The SMILES string of the molecule is CCc1ccccc1NC(=O)CCCN1C(=O)/C(=C\c2ccc(OC)c(OC)c2)SC1=S. The molecule has 168 valence electrons. The fraction of sp³-hybridized carbons (Fsp3) is 0.292. The van der Waals surface area contributed by atoms with E-state index in [4.69, 9.17) is 21.7 Å². The van der Waals surface area contributed by atoms with Crippen molar-refractivity contribution in [2.24, 2.45) is 0 Å². The molecule has 0 radical (unpaired) electrons. The Labute approximate surface area is 198 Å². The molecule has 0 unspecified atom stereocenters. The van der Waals surface area contributed by atoms with E-state index in [1.54, 1.807) is 31.3 Å². The minimum absolute atomic E-state index is 0.0720. The quantitative estimate of drug-likeness (QED) is 0.416. The van der Waals surface area contributed by atoms with Crippen LogP contribution in [0.1, 0.15) is 30.9 Å². The van der Waals surface area contributed by atoms with E-state index in [0.29, 0.717) is 40.1 Å². The van der Waals surface area contributed by atoms with Crippen LogP contribution in [-0.4, -0.2) is 41.8 Å². The first-order valence-corrected chi connectivity index (χ1v) is 11.5. The number of para-hydroxylation sites is 1. The maximum Gasteiger partial charge on any atom is 0.266 e. The monoisotopic (exact) mass is 470 g/mol. The van der Waals surface area contributed by atoms with Crippen molar-refractivity contribution in [1.29, 1.82) is 0 Å². The van der Waals surface area contributed by atoms with Crippen molar-refractivity contribution in [1.82, 2.24) is 4.90 Å². The van der Waals surface area contributed by atoms with Crippen LogP contribution in [0.4, 0.5) is 5.69 Å². The van der Waals surface area contributed by atoms with Crippen molar-refractivity contribution < 1.29 is 19.1 Å². The number of nitrogens with one attached hydrogen (secondary N) is 1. The number of anilines is 1. The molecule has 2 aromatic carbocycles. The Hall–Kier alpha value is -2.84. The van der Waals surface area contributed by atoms with E-state index >= 15 is 0 Å². The lowest BCUT2D eigenvalue weighted by Gasteiger charge is -2.14. The summed E-state index contributed by atoms with van der Waals surface area (Å²) in [7, 11) is 3.14. The van der Waals surface area contributed by atoms with Gasteiger partial charge in [0.25, 0.3) is 5.91 Å². The Morgan fingerprint density at radius 3 is 2.62 bits per heavy atom. The number of amides is 2. The second-order valence-electron chi connectivity index (χ2n) is 7.11. The standard InChI is InChI=1S/C24H26N2O4S2/c1-4-17-8-5-6-9-18(17)25-22(27)10-7-13-26-23(28)21(32-24(26)31)15-16-11-12-19(29-2)20(14-16)30-3/h5-6,8-9,11-12,14-15H,4,7,10,13H2,1-3H3,(H,25,27)/b21-15+. The second-order valence-corrected chi connectivity index (χ2v) is 8.79. The number of hydrogen-bond acceptors (Lipinski definition) is 6. The number of thioether (sulfide) groups is 1. The molecule has 1 saturated heterocycles. The van der Waals surface area contributed by atoms with Crippen molar-refractivity contribution in [3.63, 3.8) is 0 Å². The smallest absolute Gasteiger partial charge is 0.266 e. The third-order valence-corrected chi connectivity index (χ3v) is 6.41. The number of rotatable bonds is 9. The maximum absolute atomic E-state index is 12.8. The summed E-state index contributed by atoms with van der Waals surface area (Å²) in [6.07, 6.45) is 3.47. The molecule has 32 heavy (non-hydrogen) atoms. The highest BCUT2D eigenvalue weighted by molar-refractivity contribution is 8.26. The molecule has 1 aliphatic heterocycles. The van der Waals surface area contributed by atoms with Gasteiger partial charge in [-0.1, -0.05) is 55.2 Å². The van der Waals surface area contributed by atoms with Gasteiger partial charge in [-0.15, -0.1) is 0 Å². The molecule has 0 aliphatic carbocycles. The summed E-state index contributed by atoms with van der Waals surface area (Å²) in [4.78, 5) is 27.3. The largest absolute Gasteiger partial charge is 0.493 e. The van der Waals surface area contributed by atoms with E-state index < -0.39 is 0 Å². The van der Waals surface area contributed by atoms with Crippen molar-refractivity contribution in [2.45, 2.75) is 26.2 Å². The van der Waals surface area contributed by atoms with E-state index in [2.05, 4.69) is 12.2 Å². The highest BCUT2D eigenvalue weighted by Crippen LogP contribution is 2.34. The molecular formula is C24H26N2O4S2. The van der Waals surface area contributed by atoms with Gasteiger partial charge in [-0.05, 0) is 48.2 Å². The van der Waals surface area contributed by atoms with Crippen molar-refractivity contribution in [2.75, 3.05) is 26.1 Å². The van der Waals surface area contributed by atoms with E-state index in [1.165, 1.54) is 11.8 Å². The third kappa shape index (κ3) is 5.69. The normalized spacial score (nSPS) is 14.7. The van der Waals surface area contributed by atoms with Crippen LogP contribution < -0.4 is 14.8 Å². The van der Waals surface area contributed by atoms with Gasteiger partial charge in [0.2, 0.25) is 5.91 Å². The zero-order valence-electron chi connectivity index (χ0n) is 18.3. The van der Waals surface area contributed by atoms with Crippen molar-refractivity contribution >= 4 is 51.9 Å². The second kappa shape index (κ2) is 11.2. The molecule has 1 N–H and O–H groups in total. The van der Waals surface area contributed by atoms with Crippen molar-refractivity contribution in [3.8, 4) is 11.5 Å². The van der Waals surface area contributed by atoms with E-state index in [9.17, 15) is 9.59 Å². The molecule has 2 aromatic rings. The summed E-state index contributed by atoms with van der Waals surface area (Å²) in [6.45, 7) is 2.45. The van der Waals surface area contributed by atoms with Gasteiger partial charge in [0.15, 0.2) is 11.5 Å². The number of carbonyl (C=O) groups is 2. The number of nitrogens with zero attached hydrogens (tertiary/aromatic N) is 1. The first kappa shape index (κ1) is 23.8. The first-order valence-electron chi connectivity index (χ1n) is 10.3. The van der Waals surface area contributed by atoms with Gasteiger partial charge in [0.05, 0.1) is 19.1 Å². The number of hydrogen-bond donors (Lipinski definition) is 1. The lowest BCUT2D eigenvalue weighted by molar-refractivity contribution is -0.122. The van der Waals surface area contributed by atoms with Crippen LogP contribution in [0.25, 0.3) is 6.08 Å². The minimum atomic E-state index is -0.147. The van der Waals surface area contributed by atoms with Gasteiger partial charge in [-0.3, -0.25) is 14.5 Å². The molecule has 1 heterocycles. The zero-order chi connectivity index (χ0) is 23.1. The molecule has 2 amide bonds. The summed E-state index contributed by atoms with van der Waals surface area (Å²) in [5, 5.41) is 2.96. The summed E-state index contributed by atoms with van der Waals surface area (Å²) in [5.74, 6) is 0.994. The molecule has 1 fully saturated rings. The lowest BCUT2D eigenvalue weighted by Crippen LogP contribution is -2.29.